The number of benzene rings is 1. The molecule has 2 heterocycles. The predicted octanol–water partition coefficient (Wildman–Crippen LogP) is 3.59. The van der Waals surface area contributed by atoms with Gasteiger partial charge in [0.15, 0.2) is 0 Å². The third kappa shape index (κ3) is 2.65. The fourth-order valence-corrected chi connectivity index (χ4v) is 2.21. The Morgan fingerprint density at radius 2 is 2.00 bits per heavy atom. The second-order valence-electron chi connectivity index (χ2n) is 4.85. The molecule has 0 bridgehead atoms. The zero-order valence-corrected chi connectivity index (χ0v) is 11.8. The number of pyridine rings is 1. The standard InChI is InChI=1S/C16H8F4N2O2/c17-10-4-5-13-12(9-10)15(16(18,19)20,24-14(23)22-13)7-6-11-3-1-2-8-21-11/h1-5,8-9H,(H,22,23). The van der Waals surface area contributed by atoms with Gasteiger partial charge in [-0.25, -0.2) is 14.2 Å². The zero-order chi connectivity index (χ0) is 17.4. The van der Waals surface area contributed by atoms with E-state index in [-0.39, 0.29) is 11.4 Å². The molecular formula is C16H8F4N2O2. The first-order valence-electron chi connectivity index (χ1n) is 6.63. The lowest BCUT2D eigenvalue weighted by atomic mass is 9.90. The van der Waals surface area contributed by atoms with E-state index in [1.54, 1.807) is 12.1 Å². The number of nitrogens with zero attached hydrogens (tertiary/aromatic N) is 1. The molecule has 0 fully saturated rings. The number of carbonyl (C=O) groups excluding carboxylic acids is 1. The molecular weight excluding hydrogens is 328 g/mol. The van der Waals surface area contributed by atoms with Crippen LogP contribution < -0.4 is 5.32 Å². The van der Waals surface area contributed by atoms with Crippen molar-refractivity contribution in [2.45, 2.75) is 11.8 Å². The van der Waals surface area contributed by atoms with E-state index in [1.807, 2.05) is 5.92 Å². The summed E-state index contributed by atoms with van der Waals surface area (Å²) in [6.45, 7) is 0. The van der Waals surface area contributed by atoms with Crippen LogP contribution in [0.5, 0.6) is 0 Å². The lowest BCUT2D eigenvalue weighted by Gasteiger charge is -2.35. The van der Waals surface area contributed by atoms with E-state index in [9.17, 15) is 22.4 Å². The van der Waals surface area contributed by atoms with Crippen LogP contribution in [0, 0.1) is 17.7 Å². The van der Waals surface area contributed by atoms with Gasteiger partial charge in [0.05, 0.1) is 5.69 Å². The van der Waals surface area contributed by atoms with E-state index in [1.165, 1.54) is 12.3 Å². The lowest BCUT2D eigenvalue weighted by Crippen LogP contribution is -2.49. The molecule has 122 valence electrons. The number of halogens is 4. The van der Waals surface area contributed by atoms with Crippen molar-refractivity contribution in [2.75, 3.05) is 5.32 Å². The molecule has 4 nitrogen and oxygen atoms in total. The number of cyclic esters (lactones) is 1. The second-order valence-corrected chi connectivity index (χ2v) is 4.85. The Kier molecular flexibility index (Phi) is 3.64. The van der Waals surface area contributed by atoms with E-state index in [4.69, 9.17) is 0 Å². The Bertz CT molecular complexity index is 856. The molecule has 3 rings (SSSR count). The van der Waals surface area contributed by atoms with E-state index < -0.39 is 29.3 Å². The highest BCUT2D eigenvalue weighted by Crippen LogP contribution is 2.47. The van der Waals surface area contributed by atoms with Gasteiger partial charge in [0.25, 0.3) is 5.60 Å². The van der Waals surface area contributed by atoms with Gasteiger partial charge in [0.2, 0.25) is 0 Å². The minimum atomic E-state index is -5.09. The number of anilines is 1. The highest BCUT2D eigenvalue weighted by Gasteiger charge is 2.62. The van der Waals surface area contributed by atoms with Gasteiger partial charge < -0.3 is 4.74 Å². The summed E-state index contributed by atoms with van der Waals surface area (Å²) in [6.07, 6.45) is -5.07. The number of amides is 1. The third-order valence-corrected chi connectivity index (χ3v) is 3.27. The predicted molar refractivity (Wildman–Crippen MR) is 75.4 cm³/mol. The van der Waals surface area contributed by atoms with Crippen molar-refractivity contribution in [2.24, 2.45) is 0 Å². The number of fused-ring (bicyclic) bond motifs is 1. The smallest absolute Gasteiger partial charge is 0.415 e. The minimum Gasteiger partial charge on any atom is -0.415 e. The van der Waals surface area contributed by atoms with Gasteiger partial charge in [0, 0.05) is 11.8 Å². The molecule has 24 heavy (non-hydrogen) atoms. The van der Waals surface area contributed by atoms with Crippen molar-refractivity contribution in [3.8, 4) is 11.8 Å². The molecule has 1 unspecified atom stereocenters. The number of hydrogen-bond acceptors (Lipinski definition) is 3. The number of nitrogens with one attached hydrogen (secondary N) is 1. The molecule has 8 heteroatoms. The van der Waals surface area contributed by atoms with Gasteiger partial charge in [-0.1, -0.05) is 6.07 Å². The summed E-state index contributed by atoms with van der Waals surface area (Å²) in [6, 6.07) is 7.09. The Morgan fingerprint density at radius 3 is 2.67 bits per heavy atom. The Hall–Kier alpha value is -3.08. The fourth-order valence-electron chi connectivity index (χ4n) is 2.21. The average molecular weight is 336 g/mol. The summed E-state index contributed by atoms with van der Waals surface area (Å²) in [5, 5.41) is 2.10. The molecule has 0 aliphatic carbocycles. The summed E-state index contributed by atoms with van der Waals surface area (Å²) in [5.74, 6) is 3.24. The van der Waals surface area contributed by atoms with Gasteiger partial charge in [-0.3, -0.25) is 5.32 Å². The van der Waals surface area contributed by atoms with Crippen molar-refractivity contribution in [3.05, 3.63) is 59.7 Å². The van der Waals surface area contributed by atoms with Gasteiger partial charge >= 0.3 is 12.3 Å². The number of alkyl halides is 3. The van der Waals surface area contributed by atoms with Crippen molar-refractivity contribution in [1.82, 2.24) is 4.98 Å². The van der Waals surface area contributed by atoms with Crippen LogP contribution in [0.1, 0.15) is 11.3 Å². The van der Waals surface area contributed by atoms with Gasteiger partial charge in [0.1, 0.15) is 11.5 Å². The second kappa shape index (κ2) is 5.53. The van der Waals surface area contributed by atoms with Gasteiger partial charge in [-0.15, -0.1) is 0 Å². The van der Waals surface area contributed by atoms with Crippen LogP contribution >= 0.6 is 0 Å². The highest BCUT2D eigenvalue weighted by atomic mass is 19.4. The normalized spacial score (nSPS) is 19.4. The first kappa shape index (κ1) is 15.8. The van der Waals surface area contributed by atoms with Crippen LogP contribution in [-0.4, -0.2) is 17.3 Å². The Labute approximate surface area is 133 Å². The van der Waals surface area contributed by atoms with E-state index in [0.29, 0.717) is 6.07 Å². The molecule has 0 spiro atoms. The quantitative estimate of drug-likeness (QED) is 0.591. The maximum Gasteiger partial charge on any atom is 0.445 e. The van der Waals surface area contributed by atoms with Crippen molar-refractivity contribution in [1.29, 1.82) is 0 Å². The van der Waals surface area contributed by atoms with E-state index >= 15 is 0 Å². The number of ether oxygens (including phenoxy) is 1. The van der Waals surface area contributed by atoms with Gasteiger partial charge in [-0.05, 0) is 42.2 Å². The number of aromatic nitrogens is 1. The molecule has 1 aliphatic rings. The molecule has 1 aliphatic heterocycles. The average Bonchev–Trinajstić information content (AvgIpc) is 2.53. The molecule has 1 amide bonds. The highest BCUT2D eigenvalue weighted by molar-refractivity contribution is 5.89. The number of rotatable bonds is 0. The van der Waals surface area contributed by atoms with E-state index in [2.05, 4.69) is 21.0 Å². The molecule has 0 saturated carbocycles. The topological polar surface area (TPSA) is 51.2 Å². The Balaban J connectivity index is 2.23. The summed E-state index contributed by atoms with van der Waals surface area (Å²) in [4.78, 5) is 15.4. The van der Waals surface area contributed by atoms with Crippen LogP contribution in [0.15, 0.2) is 42.6 Å². The summed E-state index contributed by atoms with van der Waals surface area (Å²) < 4.78 is 59.2. The SMILES string of the molecule is O=C1Nc2ccc(F)cc2C(C#Cc2ccccn2)(C(F)(F)F)O1. The summed E-state index contributed by atoms with van der Waals surface area (Å²) in [7, 11) is 0. The van der Waals surface area contributed by atoms with Crippen molar-refractivity contribution in [3.63, 3.8) is 0 Å². The first-order chi connectivity index (χ1) is 11.3. The van der Waals surface area contributed by atoms with Crippen LogP contribution in [0.4, 0.5) is 28.0 Å². The molecule has 1 N–H and O–H groups in total. The summed E-state index contributed by atoms with van der Waals surface area (Å²) >= 11 is 0. The minimum absolute atomic E-state index is 0.0497. The third-order valence-electron chi connectivity index (χ3n) is 3.27. The van der Waals surface area contributed by atoms with Gasteiger partial charge in [-0.2, -0.15) is 13.2 Å². The fraction of sp³-hybridized carbons (Fsp3) is 0.125. The molecule has 0 radical (unpaired) electrons. The van der Waals surface area contributed by atoms with Crippen molar-refractivity contribution < 1.29 is 27.1 Å². The monoisotopic (exact) mass is 336 g/mol. The maximum absolute atomic E-state index is 13.7. The van der Waals surface area contributed by atoms with Crippen LogP contribution in [0.25, 0.3) is 0 Å². The molecule has 1 aromatic carbocycles. The maximum atomic E-state index is 13.7. The largest absolute Gasteiger partial charge is 0.445 e. The van der Waals surface area contributed by atoms with Crippen LogP contribution in [-0.2, 0) is 10.3 Å². The van der Waals surface area contributed by atoms with E-state index in [0.717, 1.165) is 12.1 Å². The molecule has 1 atom stereocenters. The Morgan fingerprint density at radius 1 is 1.21 bits per heavy atom. The number of carbonyl (C=O) groups is 1. The molecule has 2 aromatic rings. The van der Waals surface area contributed by atoms with Crippen LogP contribution in [0.2, 0.25) is 0 Å². The number of hydrogen-bond donors (Lipinski definition) is 1. The molecule has 1 aromatic heterocycles. The lowest BCUT2D eigenvalue weighted by molar-refractivity contribution is -0.239. The first-order valence-corrected chi connectivity index (χ1v) is 6.63. The summed E-state index contributed by atoms with van der Waals surface area (Å²) in [5.41, 5.74) is -4.09. The zero-order valence-electron chi connectivity index (χ0n) is 11.8. The van der Waals surface area contributed by atoms with Crippen LogP contribution in [0.3, 0.4) is 0 Å². The molecule has 0 saturated heterocycles. The van der Waals surface area contributed by atoms with Crippen molar-refractivity contribution >= 4 is 11.8 Å².